The number of carbonyl (C=O) groups is 1. The van der Waals surface area contributed by atoms with Gasteiger partial charge < -0.3 is 14.6 Å². The molecule has 0 spiro atoms. The molecular formula is C14H27NO4. The Morgan fingerprint density at radius 3 is 2.58 bits per heavy atom. The van der Waals surface area contributed by atoms with E-state index in [1.165, 1.54) is 0 Å². The molecule has 1 aliphatic heterocycles. The molecule has 1 rings (SSSR count). The predicted molar refractivity (Wildman–Crippen MR) is 72.9 cm³/mol. The lowest BCUT2D eigenvalue weighted by atomic mass is 9.99. The van der Waals surface area contributed by atoms with E-state index in [1.54, 1.807) is 0 Å². The first-order valence-electron chi connectivity index (χ1n) is 6.93. The molecule has 1 heterocycles. The Morgan fingerprint density at radius 2 is 2.11 bits per heavy atom. The fraction of sp³-hybridized carbons (Fsp3) is 0.929. The smallest absolute Gasteiger partial charge is 0.324 e. The standard InChI is InChI=1S/C14H27NO4/c1-10(2)12(13(17)19-14(3,4)5)15-6-7-18-9-11(15)8-16/h10-12,16H,6-9H2,1-5H3/t11-,12-/m0/s1. The van der Waals surface area contributed by atoms with Crippen molar-refractivity contribution in [1.82, 2.24) is 4.90 Å². The summed E-state index contributed by atoms with van der Waals surface area (Å²) >= 11 is 0. The highest BCUT2D eigenvalue weighted by Crippen LogP contribution is 2.21. The average Bonchev–Trinajstić information content (AvgIpc) is 2.26. The lowest BCUT2D eigenvalue weighted by Crippen LogP contribution is -2.57. The molecule has 19 heavy (non-hydrogen) atoms. The lowest BCUT2D eigenvalue weighted by Gasteiger charge is -2.41. The largest absolute Gasteiger partial charge is 0.459 e. The lowest BCUT2D eigenvalue weighted by molar-refractivity contribution is -0.168. The minimum Gasteiger partial charge on any atom is -0.459 e. The highest BCUT2D eigenvalue weighted by Gasteiger charge is 2.37. The SMILES string of the molecule is CC(C)[C@@H](C(=O)OC(C)(C)C)N1CCOC[C@@H]1CO. The molecule has 0 amide bonds. The number of esters is 1. The molecule has 0 bridgehead atoms. The first kappa shape index (κ1) is 16.4. The number of hydrogen-bond donors (Lipinski definition) is 1. The molecule has 5 nitrogen and oxygen atoms in total. The van der Waals surface area contributed by atoms with Gasteiger partial charge in [-0.15, -0.1) is 0 Å². The number of aliphatic hydroxyl groups excluding tert-OH is 1. The normalized spacial score (nSPS) is 23.4. The predicted octanol–water partition coefficient (Wildman–Crippen LogP) is 1.05. The van der Waals surface area contributed by atoms with Crippen LogP contribution in [0.15, 0.2) is 0 Å². The molecule has 0 radical (unpaired) electrons. The van der Waals surface area contributed by atoms with Crippen molar-refractivity contribution in [1.29, 1.82) is 0 Å². The summed E-state index contributed by atoms with van der Waals surface area (Å²) in [7, 11) is 0. The Kier molecular flexibility index (Phi) is 5.77. The molecular weight excluding hydrogens is 246 g/mol. The summed E-state index contributed by atoms with van der Waals surface area (Å²) in [6, 6.07) is -0.464. The van der Waals surface area contributed by atoms with Crippen LogP contribution in [0.1, 0.15) is 34.6 Å². The van der Waals surface area contributed by atoms with Crippen LogP contribution in [0.4, 0.5) is 0 Å². The van der Waals surface area contributed by atoms with Crippen LogP contribution in [-0.2, 0) is 14.3 Å². The van der Waals surface area contributed by atoms with Gasteiger partial charge in [0.1, 0.15) is 11.6 Å². The van der Waals surface area contributed by atoms with E-state index >= 15 is 0 Å². The second-order valence-corrected chi connectivity index (χ2v) is 6.37. The number of morpholine rings is 1. The first-order valence-corrected chi connectivity index (χ1v) is 6.93. The number of carbonyl (C=O) groups excluding carboxylic acids is 1. The van der Waals surface area contributed by atoms with Gasteiger partial charge in [0.2, 0.25) is 0 Å². The molecule has 0 aromatic heterocycles. The van der Waals surface area contributed by atoms with Gasteiger partial charge in [0.05, 0.1) is 25.9 Å². The zero-order chi connectivity index (χ0) is 14.6. The Bertz CT molecular complexity index is 298. The van der Waals surface area contributed by atoms with E-state index in [-0.39, 0.29) is 30.6 Å². The van der Waals surface area contributed by atoms with Crippen molar-refractivity contribution in [2.45, 2.75) is 52.3 Å². The van der Waals surface area contributed by atoms with Gasteiger partial charge in [-0.1, -0.05) is 13.8 Å². The van der Waals surface area contributed by atoms with E-state index in [4.69, 9.17) is 9.47 Å². The van der Waals surface area contributed by atoms with E-state index < -0.39 is 5.60 Å². The summed E-state index contributed by atoms with van der Waals surface area (Å²) in [5.74, 6) is -0.0927. The van der Waals surface area contributed by atoms with Gasteiger partial charge in [0.15, 0.2) is 0 Å². The van der Waals surface area contributed by atoms with Crippen molar-refractivity contribution in [3.8, 4) is 0 Å². The maximum atomic E-state index is 12.4. The summed E-state index contributed by atoms with van der Waals surface area (Å²) in [6.07, 6.45) is 0. The molecule has 0 unspecified atom stereocenters. The zero-order valence-electron chi connectivity index (χ0n) is 12.7. The number of hydrogen-bond acceptors (Lipinski definition) is 5. The van der Waals surface area contributed by atoms with Crippen molar-refractivity contribution in [3.63, 3.8) is 0 Å². The van der Waals surface area contributed by atoms with Gasteiger partial charge >= 0.3 is 5.97 Å². The zero-order valence-corrected chi connectivity index (χ0v) is 12.7. The molecule has 1 fully saturated rings. The van der Waals surface area contributed by atoms with Crippen LogP contribution >= 0.6 is 0 Å². The maximum Gasteiger partial charge on any atom is 0.324 e. The summed E-state index contributed by atoms with van der Waals surface area (Å²) in [4.78, 5) is 14.4. The number of nitrogens with zero attached hydrogens (tertiary/aromatic N) is 1. The van der Waals surface area contributed by atoms with E-state index in [1.807, 2.05) is 39.5 Å². The number of ether oxygens (including phenoxy) is 2. The van der Waals surface area contributed by atoms with Crippen molar-refractivity contribution in [3.05, 3.63) is 0 Å². The fourth-order valence-electron chi connectivity index (χ4n) is 2.34. The Hall–Kier alpha value is -0.650. The highest BCUT2D eigenvalue weighted by atomic mass is 16.6. The van der Waals surface area contributed by atoms with Crippen molar-refractivity contribution >= 4 is 5.97 Å². The third-order valence-corrected chi connectivity index (χ3v) is 3.12. The first-order chi connectivity index (χ1) is 8.76. The van der Waals surface area contributed by atoms with E-state index in [2.05, 4.69) is 0 Å². The molecule has 5 heteroatoms. The van der Waals surface area contributed by atoms with E-state index in [0.717, 1.165) is 0 Å². The third-order valence-electron chi connectivity index (χ3n) is 3.12. The van der Waals surface area contributed by atoms with Gasteiger partial charge in [-0.3, -0.25) is 9.69 Å². The number of aliphatic hydroxyl groups is 1. The van der Waals surface area contributed by atoms with Crippen LogP contribution in [0.3, 0.4) is 0 Å². The molecule has 0 aliphatic carbocycles. The monoisotopic (exact) mass is 273 g/mol. The molecule has 0 aromatic rings. The third kappa shape index (κ3) is 4.75. The molecule has 1 aliphatic rings. The topological polar surface area (TPSA) is 59.0 Å². The van der Waals surface area contributed by atoms with Gasteiger partial charge in [-0.05, 0) is 26.7 Å². The van der Waals surface area contributed by atoms with E-state index in [9.17, 15) is 9.90 Å². The van der Waals surface area contributed by atoms with Crippen LogP contribution in [0, 0.1) is 5.92 Å². The van der Waals surface area contributed by atoms with Crippen LogP contribution in [0.25, 0.3) is 0 Å². The molecule has 1 N–H and O–H groups in total. The summed E-state index contributed by atoms with van der Waals surface area (Å²) in [6.45, 7) is 11.3. The summed E-state index contributed by atoms with van der Waals surface area (Å²) < 4.78 is 10.9. The minimum absolute atomic E-state index is 0.00792. The van der Waals surface area contributed by atoms with Crippen molar-refractivity contribution < 1.29 is 19.4 Å². The van der Waals surface area contributed by atoms with E-state index in [0.29, 0.717) is 19.8 Å². The Morgan fingerprint density at radius 1 is 1.47 bits per heavy atom. The maximum absolute atomic E-state index is 12.4. The second kappa shape index (κ2) is 6.68. The highest BCUT2D eigenvalue weighted by molar-refractivity contribution is 5.76. The van der Waals surface area contributed by atoms with Crippen LogP contribution < -0.4 is 0 Å². The Balaban J connectivity index is 2.83. The van der Waals surface area contributed by atoms with Crippen LogP contribution in [0.5, 0.6) is 0 Å². The van der Waals surface area contributed by atoms with Gasteiger partial charge in [-0.2, -0.15) is 0 Å². The molecule has 0 saturated carbocycles. The quantitative estimate of drug-likeness (QED) is 0.776. The molecule has 0 aromatic carbocycles. The summed E-state index contributed by atoms with van der Waals surface area (Å²) in [5.41, 5.74) is -0.495. The average molecular weight is 273 g/mol. The Labute approximate surface area is 115 Å². The van der Waals surface area contributed by atoms with Crippen molar-refractivity contribution in [2.24, 2.45) is 5.92 Å². The minimum atomic E-state index is -0.495. The summed E-state index contributed by atoms with van der Waals surface area (Å²) in [5, 5.41) is 9.43. The second-order valence-electron chi connectivity index (χ2n) is 6.37. The van der Waals surface area contributed by atoms with Crippen molar-refractivity contribution in [2.75, 3.05) is 26.4 Å². The van der Waals surface area contributed by atoms with Crippen LogP contribution in [-0.4, -0.2) is 60.0 Å². The van der Waals surface area contributed by atoms with Gasteiger partial charge in [-0.25, -0.2) is 0 Å². The van der Waals surface area contributed by atoms with Gasteiger partial charge in [0.25, 0.3) is 0 Å². The molecule has 2 atom stereocenters. The van der Waals surface area contributed by atoms with Crippen LogP contribution in [0.2, 0.25) is 0 Å². The molecule has 1 saturated heterocycles. The fourth-order valence-corrected chi connectivity index (χ4v) is 2.34. The van der Waals surface area contributed by atoms with Gasteiger partial charge in [0, 0.05) is 6.54 Å². The number of rotatable bonds is 4. The molecule has 112 valence electrons.